The lowest BCUT2D eigenvalue weighted by Gasteiger charge is -2.21. The molecule has 8 nitrogen and oxygen atoms in total. The highest BCUT2D eigenvalue weighted by atomic mass is 32.2. The predicted octanol–water partition coefficient (Wildman–Crippen LogP) is -0.378. The molecule has 2 rings (SSSR count). The van der Waals surface area contributed by atoms with Gasteiger partial charge in [0.15, 0.2) is 0 Å². The van der Waals surface area contributed by atoms with Crippen LogP contribution in [-0.2, 0) is 21.9 Å². The van der Waals surface area contributed by atoms with Crippen LogP contribution in [0.5, 0.6) is 0 Å². The molecule has 21 heavy (non-hydrogen) atoms. The quantitative estimate of drug-likeness (QED) is 0.787. The summed E-state index contributed by atoms with van der Waals surface area (Å²) < 4.78 is 27.0. The van der Waals surface area contributed by atoms with Gasteiger partial charge >= 0.3 is 5.97 Å². The van der Waals surface area contributed by atoms with E-state index in [9.17, 15) is 18.0 Å². The molecule has 2 heterocycles. The molecule has 1 fully saturated rings. The Morgan fingerprint density at radius 2 is 2.10 bits per heavy atom. The lowest BCUT2D eigenvalue weighted by atomic mass is 10.2. The summed E-state index contributed by atoms with van der Waals surface area (Å²) in [5, 5.41) is 9.11. The number of carboxylic acid groups (broad SMARTS) is 1. The van der Waals surface area contributed by atoms with Gasteiger partial charge in [-0.2, -0.15) is 0 Å². The molecule has 0 unspecified atom stereocenters. The van der Waals surface area contributed by atoms with Gasteiger partial charge in [0, 0.05) is 19.8 Å². The summed E-state index contributed by atoms with van der Waals surface area (Å²) in [4.78, 5) is 24.8. The van der Waals surface area contributed by atoms with Gasteiger partial charge in [-0.1, -0.05) is 0 Å². The second-order valence-corrected chi connectivity index (χ2v) is 6.76. The number of likely N-dealkylation sites (tertiary alicyclic amines) is 1. The van der Waals surface area contributed by atoms with Crippen molar-refractivity contribution >= 4 is 21.9 Å². The molecule has 2 N–H and O–H groups in total. The van der Waals surface area contributed by atoms with E-state index in [4.69, 9.17) is 5.11 Å². The van der Waals surface area contributed by atoms with Crippen LogP contribution in [0.25, 0.3) is 0 Å². The summed E-state index contributed by atoms with van der Waals surface area (Å²) in [6, 6.07) is 0.405. The van der Waals surface area contributed by atoms with Gasteiger partial charge in [0.25, 0.3) is 5.91 Å². The third-order valence-electron chi connectivity index (χ3n) is 3.58. The van der Waals surface area contributed by atoms with E-state index in [1.807, 2.05) is 0 Å². The zero-order valence-corrected chi connectivity index (χ0v) is 12.6. The van der Waals surface area contributed by atoms with Gasteiger partial charge < -0.3 is 14.6 Å². The first kappa shape index (κ1) is 15.5. The average Bonchev–Trinajstić information content (AvgIpc) is 3.04. The number of nitrogens with one attached hydrogen (secondary N) is 1. The number of carboxylic acids is 1. The predicted molar refractivity (Wildman–Crippen MR) is 73.4 cm³/mol. The first-order chi connectivity index (χ1) is 9.77. The second kappa shape index (κ2) is 5.49. The number of aromatic nitrogens is 1. The van der Waals surface area contributed by atoms with Crippen molar-refractivity contribution in [1.29, 1.82) is 0 Å². The van der Waals surface area contributed by atoms with Crippen molar-refractivity contribution in [3.63, 3.8) is 0 Å². The SMILES string of the molecule is CNS(=O)(=O)c1cc(C(=O)N2CCC[C@@H]2C(=O)O)n(C)c1. The average molecular weight is 315 g/mol. The fraction of sp³-hybridized carbons (Fsp3) is 0.500. The number of nitrogens with zero attached hydrogens (tertiary/aromatic N) is 2. The summed E-state index contributed by atoms with van der Waals surface area (Å²) >= 11 is 0. The van der Waals surface area contributed by atoms with Gasteiger partial charge in [-0.25, -0.2) is 17.9 Å². The van der Waals surface area contributed by atoms with Crippen LogP contribution in [0.3, 0.4) is 0 Å². The Bertz CT molecular complexity index is 679. The minimum Gasteiger partial charge on any atom is -0.480 e. The van der Waals surface area contributed by atoms with E-state index in [-0.39, 0.29) is 10.6 Å². The Balaban J connectivity index is 2.34. The molecule has 0 aliphatic carbocycles. The van der Waals surface area contributed by atoms with Crippen LogP contribution in [-0.4, -0.2) is 54.5 Å². The fourth-order valence-corrected chi connectivity index (χ4v) is 3.22. The van der Waals surface area contributed by atoms with Crippen molar-refractivity contribution < 1.29 is 23.1 Å². The van der Waals surface area contributed by atoms with Crippen LogP contribution >= 0.6 is 0 Å². The maximum Gasteiger partial charge on any atom is 0.326 e. The fourth-order valence-electron chi connectivity index (χ4n) is 2.43. The van der Waals surface area contributed by atoms with Gasteiger partial charge in [0.05, 0.1) is 0 Å². The van der Waals surface area contributed by atoms with Crippen molar-refractivity contribution in [1.82, 2.24) is 14.2 Å². The van der Waals surface area contributed by atoms with Crippen molar-refractivity contribution in [2.75, 3.05) is 13.6 Å². The number of hydrogen-bond acceptors (Lipinski definition) is 4. The van der Waals surface area contributed by atoms with E-state index in [0.29, 0.717) is 19.4 Å². The Labute approximate surface area is 122 Å². The molecule has 1 amide bonds. The molecule has 0 bridgehead atoms. The summed E-state index contributed by atoms with van der Waals surface area (Å²) in [5.41, 5.74) is 0.150. The lowest BCUT2D eigenvalue weighted by Crippen LogP contribution is -2.41. The van der Waals surface area contributed by atoms with Gasteiger partial charge in [0.2, 0.25) is 10.0 Å². The molecule has 0 radical (unpaired) electrons. The van der Waals surface area contributed by atoms with Crippen LogP contribution in [0.15, 0.2) is 17.2 Å². The van der Waals surface area contributed by atoms with Crippen molar-refractivity contribution in [3.8, 4) is 0 Å². The van der Waals surface area contributed by atoms with Gasteiger partial charge in [-0.05, 0) is 26.0 Å². The van der Waals surface area contributed by atoms with E-state index < -0.39 is 27.9 Å². The molecule has 1 atom stereocenters. The summed E-state index contributed by atoms with van der Waals surface area (Å²) in [7, 11) is -0.813. The van der Waals surface area contributed by atoms with Crippen LogP contribution in [0.2, 0.25) is 0 Å². The minimum atomic E-state index is -3.64. The van der Waals surface area contributed by atoms with Gasteiger partial charge in [0.1, 0.15) is 16.6 Å². The molecule has 9 heteroatoms. The number of aryl methyl sites for hydroxylation is 1. The van der Waals surface area contributed by atoms with Crippen molar-refractivity contribution in [2.24, 2.45) is 7.05 Å². The number of sulfonamides is 1. The number of hydrogen-bond donors (Lipinski definition) is 2. The first-order valence-electron chi connectivity index (χ1n) is 6.41. The molecular weight excluding hydrogens is 298 g/mol. The first-order valence-corrected chi connectivity index (χ1v) is 7.90. The molecule has 0 aromatic carbocycles. The molecular formula is C12H17N3O5S. The largest absolute Gasteiger partial charge is 0.480 e. The van der Waals surface area contributed by atoms with E-state index in [1.165, 1.54) is 28.8 Å². The van der Waals surface area contributed by atoms with Crippen molar-refractivity contribution in [2.45, 2.75) is 23.8 Å². The summed E-state index contributed by atoms with van der Waals surface area (Å²) in [6.07, 6.45) is 2.35. The number of rotatable bonds is 4. The number of amides is 1. The van der Waals surface area contributed by atoms with E-state index >= 15 is 0 Å². The Hall–Kier alpha value is -1.87. The Morgan fingerprint density at radius 1 is 1.43 bits per heavy atom. The normalized spacial score (nSPS) is 19.0. The van der Waals surface area contributed by atoms with Crippen LogP contribution < -0.4 is 4.72 Å². The van der Waals surface area contributed by atoms with Crippen LogP contribution in [0.1, 0.15) is 23.3 Å². The highest BCUT2D eigenvalue weighted by Crippen LogP contribution is 2.22. The molecule has 0 saturated carbocycles. The van der Waals surface area contributed by atoms with E-state index in [0.717, 1.165) is 0 Å². The number of aliphatic carboxylic acids is 1. The molecule has 1 aliphatic rings. The number of carbonyl (C=O) groups is 2. The topological polar surface area (TPSA) is 109 Å². The maximum atomic E-state index is 12.4. The molecule has 1 aromatic rings. The van der Waals surface area contributed by atoms with Gasteiger partial charge in [-0.15, -0.1) is 0 Å². The molecule has 1 aliphatic heterocycles. The van der Waals surface area contributed by atoms with Crippen molar-refractivity contribution in [3.05, 3.63) is 18.0 Å². The number of carbonyl (C=O) groups excluding carboxylic acids is 1. The second-order valence-electron chi connectivity index (χ2n) is 4.87. The molecule has 0 spiro atoms. The Morgan fingerprint density at radius 3 is 2.67 bits per heavy atom. The Kier molecular flexibility index (Phi) is 4.06. The minimum absolute atomic E-state index is 0.0260. The van der Waals surface area contributed by atoms with Crippen LogP contribution in [0.4, 0.5) is 0 Å². The maximum absolute atomic E-state index is 12.4. The highest BCUT2D eigenvalue weighted by molar-refractivity contribution is 7.89. The molecule has 116 valence electrons. The van der Waals surface area contributed by atoms with Crippen LogP contribution in [0, 0.1) is 0 Å². The molecule has 1 saturated heterocycles. The summed E-state index contributed by atoms with van der Waals surface area (Å²) in [5.74, 6) is -1.52. The third-order valence-corrected chi connectivity index (χ3v) is 4.96. The van der Waals surface area contributed by atoms with E-state index in [2.05, 4.69) is 4.72 Å². The highest BCUT2D eigenvalue weighted by Gasteiger charge is 2.35. The lowest BCUT2D eigenvalue weighted by molar-refractivity contribution is -0.141. The zero-order valence-electron chi connectivity index (χ0n) is 11.7. The third kappa shape index (κ3) is 2.79. The standard InChI is InChI=1S/C12H17N3O5S/c1-13-21(19,20)8-6-10(14(2)7-8)11(16)15-5-3-4-9(15)12(17)18/h6-7,9,13H,3-5H2,1-2H3,(H,17,18)/t9-/m1/s1. The monoisotopic (exact) mass is 315 g/mol. The smallest absolute Gasteiger partial charge is 0.326 e. The van der Waals surface area contributed by atoms with Gasteiger partial charge in [-0.3, -0.25) is 4.79 Å². The molecule has 1 aromatic heterocycles. The zero-order chi connectivity index (χ0) is 15.8. The summed E-state index contributed by atoms with van der Waals surface area (Å²) in [6.45, 7) is 0.356. The van der Waals surface area contributed by atoms with E-state index in [1.54, 1.807) is 7.05 Å².